The van der Waals surface area contributed by atoms with Crippen LogP contribution in [0.3, 0.4) is 0 Å². The second-order valence-corrected chi connectivity index (χ2v) is 5.73. The molecule has 1 saturated heterocycles. The van der Waals surface area contributed by atoms with Gasteiger partial charge in [-0.1, -0.05) is 44.2 Å². The minimum atomic E-state index is -1.47. The number of aliphatic carboxylic acids is 1. The fourth-order valence-electron chi connectivity index (χ4n) is 2.85. The molecule has 1 aliphatic rings. The van der Waals surface area contributed by atoms with Crippen LogP contribution in [0.15, 0.2) is 30.3 Å². The number of Topliss-reactive ketones (excluding diaryl/α,β-unsaturated/α-hetero) is 1. The van der Waals surface area contributed by atoms with Gasteiger partial charge in [-0.05, 0) is 17.4 Å². The van der Waals surface area contributed by atoms with Crippen LogP contribution in [0.25, 0.3) is 0 Å². The smallest absolute Gasteiger partial charge is 0.374 e. The van der Waals surface area contributed by atoms with E-state index >= 15 is 0 Å². The molecule has 0 radical (unpaired) electrons. The summed E-state index contributed by atoms with van der Waals surface area (Å²) in [5.41, 5.74) is 0.887. The van der Waals surface area contributed by atoms with Gasteiger partial charge in [-0.25, -0.2) is 4.79 Å². The maximum Gasteiger partial charge on any atom is 0.374 e. The lowest BCUT2D eigenvalue weighted by molar-refractivity contribution is -0.153. The fourth-order valence-corrected chi connectivity index (χ4v) is 2.85. The minimum absolute atomic E-state index is 0.0722. The topological polar surface area (TPSA) is 74.7 Å². The lowest BCUT2D eigenvalue weighted by Gasteiger charge is -2.27. The Balaban J connectivity index is 2.30. The summed E-state index contributed by atoms with van der Waals surface area (Å²) in [5.74, 6) is -2.70. The molecule has 0 bridgehead atoms. The number of likely N-dealkylation sites (tertiary alicyclic amines) is 1. The van der Waals surface area contributed by atoms with Crippen molar-refractivity contribution in [2.75, 3.05) is 0 Å². The highest BCUT2D eigenvalue weighted by molar-refractivity contribution is 6.35. The first-order valence-corrected chi connectivity index (χ1v) is 7.02. The predicted molar refractivity (Wildman–Crippen MR) is 76.4 cm³/mol. The first-order valence-electron chi connectivity index (χ1n) is 7.02. The second kappa shape index (κ2) is 6.08. The van der Waals surface area contributed by atoms with Crippen molar-refractivity contribution in [2.45, 2.75) is 32.9 Å². The predicted octanol–water partition coefficient (Wildman–Crippen LogP) is 1.71. The highest BCUT2D eigenvalue weighted by atomic mass is 16.4. The van der Waals surface area contributed by atoms with Crippen molar-refractivity contribution >= 4 is 17.7 Å². The molecule has 2 unspecified atom stereocenters. The van der Waals surface area contributed by atoms with E-state index in [1.54, 1.807) is 0 Å². The van der Waals surface area contributed by atoms with Gasteiger partial charge >= 0.3 is 5.97 Å². The van der Waals surface area contributed by atoms with Crippen molar-refractivity contribution in [1.82, 2.24) is 4.90 Å². The van der Waals surface area contributed by atoms with Gasteiger partial charge in [-0.3, -0.25) is 9.59 Å². The molecule has 1 aromatic carbocycles. The summed E-state index contributed by atoms with van der Waals surface area (Å²) in [6, 6.07) is 8.42. The highest BCUT2D eigenvalue weighted by Gasteiger charge is 2.47. The van der Waals surface area contributed by atoms with E-state index < -0.39 is 17.8 Å². The molecule has 5 heteroatoms. The second-order valence-electron chi connectivity index (χ2n) is 5.73. The van der Waals surface area contributed by atoms with Gasteiger partial charge < -0.3 is 10.0 Å². The third-order valence-corrected chi connectivity index (χ3v) is 4.00. The number of carbonyl (C=O) groups excluding carboxylic acids is 2. The molecule has 0 aliphatic carbocycles. The minimum Gasteiger partial charge on any atom is -0.475 e. The lowest BCUT2D eigenvalue weighted by atomic mass is 9.86. The van der Waals surface area contributed by atoms with Crippen LogP contribution >= 0.6 is 0 Å². The summed E-state index contributed by atoms with van der Waals surface area (Å²) in [7, 11) is 0. The Kier molecular flexibility index (Phi) is 4.40. The Hall–Kier alpha value is -2.17. The Labute approximate surface area is 123 Å². The Morgan fingerprint density at radius 1 is 1.29 bits per heavy atom. The molecule has 112 valence electrons. The van der Waals surface area contributed by atoms with Gasteiger partial charge in [0.25, 0.3) is 5.78 Å². The molecular weight excluding hydrogens is 270 g/mol. The van der Waals surface area contributed by atoms with Crippen LogP contribution in [-0.2, 0) is 20.9 Å². The van der Waals surface area contributed by atoms with Gasteiger partial charge in [0.15, 0.2) is 0 Å². The molecule has 1 aromatic rings. The summed E-state index contributed by atoms with van der Waals surface area (Å²) < 4.78 is 0. The van der Waals surface area contributed by atoms with Crippen LogP contribution in [-0.4, -0.2) is 33.7 Å². The number of ketones is 1. The molecule has 0 aromatic heterocycles. The number of carboxylic acid groups (broad SMARTS) is 1. The normalized spacial score (nSPS) is 21.9. The third kappa shape index (κ3) is 3.12. The molecule has 2 atom stereocenters. The van der Waals surface area contributed by atoms with Crippen LogP contribution in [0, 0.1) is 11.8 Å². The van der Waals surface area contributed by atoms with Crippen LogP contribution < -0.4 is 0 Å². The maximum atomic E-state index is 12.2. The molecular formula is C16H19NO4. The number of nitrogens with zero attached hydrogens (tertiary/aromatic N) is 1. The molecule has 1 heterocycles. The number of hydrogen-bond donors (Lipinski definition) is 1. The zero-order valence-electron chi connectivity index (χ0n) is 12.2. The molecule has 1 aliphatic heterocycles. The maximum absolute atomic E-state index is 12.2. The van der Waals surface area contributed by atoms with Gasteiger partial charge in [0, 0.05) is 13.0 Å². The van der Waals surface area contributed by atoms with E-state index in [0.717, 1.165) is 5.56 Å². The van der Waals surface area contributed by atoms with Crippen LogP contribution in [0.5, 0.6) is 0 Å². The molecule has 1 N–H and O–H groups in total. The number of hydrogen-bond acceptors (Lipinski definition) is 3. The average molecular weight is 289 g/mol. The summed E-state index contributed by atoms with van der Waals surface area (Å²) in [4.78, 5) is 36.7. The molecule has 1 fully saturated rings. The molecule has 21 heavy (non-hydrogen) atoms. The number of carboxylic acids is 1. The molecule has 0 spiro atoms. The number of amides is 1. The molecule has 2 rings (SSSR count). The van der Waals surface area contributed by atoms with Crippen molar-refractivity contribution in [2.24, 2.45) is 11.8 Å². The zero-order valence-corrected chi connectivity index (χ0v) is 12.2. The monoisotopic (exact) mass is 289 g/mol. The Bertz CT molecular complexity index is 553. The summed E-state index contributed by atoms with van der Waals surface area (Å²) in [6.07, 6.45) is 0.230. The third-order valence-electron chi connectivity index (χ3n) is 4.00. The summed E-state index contributed by atoms with van der Waals surface area (Å²) >= 11 is 0. The Morgan fingerprint density at radius 3 is 2.43 bits per heavy atom. The highest BCUT2D eigenvalue weighted by Crippen LogP contribution is 2.33. The first kappa shape index (κ1) is 15.2. The van der Waals surface area contributed by atoms with E-state index in [0.29, 0.717) is 0 Å². The number of benzene rings is 1. The quantitative estimate of drug-likeness (QED) is 0.837. The van der Waals surface area contributed by atoms with Crippen LogP contribution in [0.2, 0.25) is 0 Å². The van der Waals surface area contributed by atoms with Crippen LogP contribution in [0.1, 0.15) is 25.8 Å². The van der Waals surface area contributed by atoms with Gasteiger partial charge in [-0.2, -0.15) is 0 Å². The molecule has 1 amide bonds. The SMILES string of the molecule is CC(C)C1CC(=O)N(Cc2ccccc2)C1C(=O)C(=O)O. The average Bonchev–Trinajstić information content (AvgIpc) is 2.76. The molecule has 5 nitrogen and oxygen atoms in total. The zero-order chi connectivity index (χ0) is 15.6. The lowest BCUT2D eigenvalue weighted by Crippen LogP contribution is -2.45. The van der Waals surface area contributed by atoms with Crippen molar-refractivity contribution in [3.05, 3.63) is 35.9 Å². The van der Waals surface area contributed by atoms with Gasteiger partial charge in [0.05, 0.1) is 0 Å². The fraction of sp³-hybridized carbons (Fsp3) is 0.438. The van der Waals surface area contributed by atoms with Crippen LogP contribution in [0.4, 0.5) is 0 Å². The van der Waals surface area contributed by atoms with E-state index in [2.05, 4.69) is 0 Å². The van der Waals surface area contributed by atoms with Gasteiger partial charge in [-0.15, -0.1) is 0 Å². The van der Waals surface area contributed by atoms with Crippen molar-refractivity contribution in [3.63, 3.8) is 0 Å². The first-order chi connectivity index (χ1) is 9.91. The standard InChI is InChI=1S/C16H19NO4/c1-10(2)12-8-13(18)17(14(12)15(19)16(20)21)9-11-6-4-3-5-7-11/h3-7,10,12,14H,8-9H2,1-2H3,(H,20,21). The van der Waals surface area contributed by atoms with E-state index in [-0.39, 0.29) is 30.7 Å². The summed E-state index contributed by atoms with van der Waals surface area (Å²) in [5, 5.41) is 9.02. The van der Waals surface area contributed by atoms with E-state index in [1.165, 1.54) is 4.90 Å². The van der Waals surface area contributed by atoms with E-state index in [4.69, 9.17) is 5.11 Å². The number of carbonyl (C=O) groups is 3. The van der Waals surface area contributed by atoms with Gasteiger partial charge in [0.1, 0.15) is 6.04 Å². The van der Waals surface area contributed by atoms with Gasteiger partial charge in [0.2, 0.25) is 5.91 Å². The summed E-state index contributed by atoms with van der Waals surface area (Å²) in [6.45, 7) is 4.09. The number of rotatable bonds is 5. The van der Waals surface area contributed by atoms with Crippen molar-refractivity contribution < 1.29 is 19.5 Å². The largest absolute Gasteiger partial charge is 0.475 e. The molecule has 0 saturated carbocycles. The van der Waals surface area contributed by atoms with Crippen molar-refractivity contribution in [1.29, 1.82) is 0 Å². The van der Waals surface area contributed by atoms with E-state index in [1.807, 2.05) is 44.2 Å². The van der Waals surface area contributed by atoms with Crippen molar-refractivity contribution in [3.8, 4) is 0 Å². The van der Waals surface area contributed by atoms with E-state index in [9.17, 15) is 14.4 Å². The Morgan fingerprint density at radius 2 is 1.90 bits per heavy atom.